The summed E-state index contributed by atoms with van der Waals surface area (Å²) >= 11 is 0. The molecule has 18 aromatic rings. The fourth-order valence-electron chi connectivity index (χ4n) is 15.4. The van der Waals surface area contributed by atoms with Gasteiger partial charge in [-0.15, -0.1) is 0 Å². The molecule has 18 aromatic carbocycles. The Labute approximate surface area is 460 Å². The van der Waals surface area contributed by atoms with E-state index in [1.165, 1.54) is 196 Å². The number of rotatable bonds is 5. The summed E-state index contributed by atoms with van der Waals surface area (Å²) in [5.74, 6) is 0. The van der Waals surface area contributed by atoms with Gasteiger partial charge in [0.2, 0.25) is 0 Å². The van der Waals surface area contributed by atoms with Gasteiger partial charge in [0, 0.05) is 0 Å². The first-order valence-corrected chi connectivity index (χ1v) is 28.1. The smallest absolute Gasteiger partial charge is 0.000740 e. The molecule has 19 rings (SSSR count). The van der Waals surface area contributed by atoms with Crippen LogP contribution in [0.2, 0.25) is 0 Å². The third-order valence-corrected chi connectivity index (χ3v) is 18.6. The Kier molecular flexibility index (Phi) is 8.34. The molecule has 0 bridgehead atoms. The Bertz CT molecular complexity index is 5360. The van der Waals surface area contributed by atoms with Crippen molar-refractivity contribution in [2.24, 2.45) is 0 Å². The van der Waals surface area contributed by atoms with Crippen molar-refractivity contribution >= 4 is 118 Å². The summed E-state index contributed by atoms with van der Waals surface area (Å²) < 4.78 is 0. The van der Waals surface area contributed by atoms with Gasteiger partial charge in [0.25, 0.3) is 0 Å². The summed E-state index contributed by atoms with van der Waals surface area (Å²) in [5.41, 5.74) is 17.8. The number of hydrogen-bond acceptors (Lipinski definition) is 0. The van der Waals surface area contributed by atoms with Gasteiger partial charge in [0.15, 0.2) is 0 Å². The summed E-state index contributed by atoms with van der Waals surface area (Å²) in [6.45, 7) is 0. The van der Waals surface area contributed by atoms with E-state index >= 15 is 0 Å². The number of hydrogen-bond donors (Lipinski definition) is 0. The maximum absolute atomic E-state index is 2.57. The van der Waals surface area contributed by atoms with Crippen LogP contribution in [0.1, 0.15) is 0 Å². The van der Waals surface area contributed by atoms with E-state index in [-0.39, 0.29) is 0 Å². The zero-order chi connectivity index (χ0) is 51.9. The second-order valence-electron chi connectivity index (χ2n) is 22.4. The monoisotopic (exact) mass is 1000 g/mol. The normalized spacial score (nSPS) is 12.5. The molecule has 0 heterocycles. The van der Waals surface area contributed by atoms with Crippen molar-refractivity contribution in [1.29, 1.82) is 0 Å². The van der Waals surface area contributed by atoms with Gasteiger partial charge >= 0.3 is 0 Å². The van der Waals surface area contributed by atoms with Crippen molar-refractivity contribution in [2.75, 3.05) is 0 Å². The van der Waals surface area contributed by atoms with Crippen LogP contribution in [-0.4, -0.2) is 0 Å². The van der Waals surface area contributed by atoms with Crippen LogP contribution in [0.5, 0.6) is 0 Å². The van der Waals surface area contributed by atoms with E-state index < -0.39 is 0 Å². The zero-order valence-corrected chi connectivity index (χ0v) is 43.4. The van der Waals surface area contributed by atoms with Gasteiger partial charge in [0.05, 0.1) is 0 Å². The maximum Gasteiger partial charge on any atom is -0.000740 e. The van der Waals surface area contributed by atoms with Crippen LogP contribution in [0.4, 0.5) is 0 Å². The minimum Gasteiger partial charge on any atom is -0.0622 e. The molecular formula is C80H44. The third-order valence-electron chi connectivity index (χ3n) is 18.6. The summed E-state index contributed by atoms with van der Waals surface area (Å²) in [5, 5.41) is 28.9. The van der Waals surface area contributed by atoms with E-state index in [2.05, 4.69) is 267 Å². The summed E-state index contributed by atoms with van der Waals surface area (Å²) in [6, 6.07) is 101. The SMILES string of the molecule is c1ccc(-c2cccc(-c3ccccc3)c2-c2ccc3c4cc5c(-c6ccccc6)c6c7ccc8c9ccc%10c%11c(ccc(c%12ccc(c6c(-c6ccccc6)c5cc4c4cccc2c43)c7c%128)c%119)-c2cc3ccccc3cc2-%10)cc1. The van der Waals surface area contributed by atoms with Crippen LogP contribution >= 0.6 is 0 Å². The Morgan fingerprint density at radius 2 is 0.500 bits per heavy atom. The Balaban J connectivity index is 0.931. The molecule has 0 saturated heterocycles. The highest BCUT2D eigenvalue weighted by molar-refractivity contribution is 6.47. The van der Waals surface area contributed by atoms with Gasteiger partial charge in [0.1, 0.15) is 0 Å². The average Bonchev–Trinajstić information content (AvgIpc) is 3.94. The molecule has 0 N–H and O–H groups in total. The lowest BCUT2D eigenvalue weighted by Gasteiger charge is -2.18. The number of benzene rings is 16. The molecule has 0 radical (unpaired) electrons. The van der Waals surface area contributed by atoms with E-state index in [1.54, 1.807) is 0 Å². The largest absolute Gasteiger partial charge is 0.0622 e. The van der Waals surface area contributed by atoms with Gasteiger partial charge in [-0.05, 0) is 221 Å². The van der Waals surface area contributed by atoms with Gasteiger partial charge in [-0.2, -0.15) is 0 Å². The quantitative estimate of drug-likeness (QED) is 0.119. The van der Waals surface area contributed by atoms with E-state index in [1.807, 2.05) is 0 Å². The Hall–Kier alpha value is -10.4. The average molecular weight is 1010 g/mol. The molecule has 0 saturated carbocycles. The first-order valence-electron chi connectivity index (χ1n) is 28.1. The minimum atomic E-state index is 1.21. The standard InChI is InChI=1S/C80H44/c1-5-17-45(18-6-1)51-27-15-28-52(46-19-7-2-8-20-46)73(51)55-31-34-60-68-44-70-69(43-67(68)54-30-16-29-53(55)74(54)60)71(47-21-9-3-10-22-47)79-63-39-37-58-56-32-35-61-65-41-49-25-13-14-26-50(49)42-66(65)62-36-33-57(75(56)77(61)62)59-38-40-64(78(63)76(58)59)80(79)72(70)48-23-11-4-12-24-48/h1-44H. The molecule has 0 fully saturated rings. The van der Waals surface area contributed by atoms with Crippen molar-refractivity contribution in [2.45, 2.75) is 0 Å². The fraction of sp³-hybridized carbons (Fsp3) is 0. The molecule has 1 aliphatic rings. The molecule has 0 atom stereocenters. The molecule has 364 valence electrons. The number of fused-ring (bicyclic) bond motifs is 13. The van der Waals surface area contributed by atoms with Crippen LogP contribution in [0.3, 0.4) is 0 Å². The van der Waals surface area contributed by atoms with Crippen LogP contribution in [-0.2, 0) is 0 Å². The van der Waals surface area contributed by atoms with Gasteiger partial charge < -0.3 is 0 Å². The van der Waals surface area contributed by atoms with Gasteiger partial charge in [-0.1, -0.05) is 243 Å². The van der Waals surface area contributed by atoms with Crippen LogP contribution < -0.4 is 0 Å². The van der Waals surface area contributed by atoms with E-state index in [0.29, 0.717) is 0 Å². The van der Waals surface area contributed by atoms with Crippen LogP contribution in [0, 0.1) is 0 Å². The lowest BCUT2D eigenvalue weighted by atomic mass is 9.85. The van der Waals surface area contributed by atoms with Crippen molar-refractivity contribution in [3.05, 3.63) is 267 Å². The molecular weight excluding hydrogens is 961 g/mol. The molecule has 0 spiro atoms. The summed E-state index contributed by atoms with van der Waals surface area (Å²) in [6.07, 6.45) is 0. The van der Waals surface area contributed by atoms with E-state index in [0.717, 1.165) is 0 Å². The first-order chi connectivity index (χ1) is 39.7. The van der Waals surface area contributed by atoms with Gasteiger partial charge in [-0.3, -0.25) is 0 Å². The molecule has 0 heteroatoms. The van der Waals surface area contributed by atoms with Crippen molar-refractivity contribution in [3.63, 3.8) is 0 Å². The molecule has 0 unspecified atom stereocenters. The lowest BCUT2D eigenvalue weighted by Crippen LogP contribution is -1.91. The molecule has 0 aromatic heterocycles. The topological polar surface area (TPSA) is 0 Å². The minimum absolute atomic E-state index is 1.21. The zero-order valence-electron chi connectivity index (χ0n) is 43.4. The predicted molar refractivity (Wildman–Crippen MR) is 344 cm³/mol. The van der Waals surface area contributed by atoms with E-state index in [9.17, 15) is 0 Å². The molecule has 0 nitrogen and oxygen atoms in total. The van der Waals surface area contributed by atoms with Crippen LogP contribution in [0.25, 0.3) is 196 Å². The van der Waals surface area contributed by atoms with Gasteiger partial charge in [-0.25, -0.2) is 0 Å². The second kappa shape index (κ2) is 15.6. The Morgan fingerprint density at radius 3 is 1.00 bits per heavy atom. The third kappa shape index (κ3) is 5.49. The Morgan fingerprint density at radius 1 is 0.138 bits per heavy atom. The lowest BCUT2D eigenvalue weighted by molar-refractivity contribution is 1.57. The molecule has 0 amide bonds. The molecule has 0 aliphatic heterocycles. The van der Waals surface area contributed by atoms with Crippen molar-refractivity contribution in [3.8, 4) is 77.9 Å². The molecule has 80 heavy (non-hydrogen) atoms. The summed E-state index contributed by atoms with van der Waals surface area (Å²) in [4.78, 5) is 0. The van der Waals surface area contributed by atoms with E-state index in [4.69, 9.17) is 0 Å². The van der Waals surface area contributed by atoms with Crippen molar-refractivity contribution < 1.29 is 0 Å². The maximum atomic E-state index is 2.57. The van der Waals surface area contributed by atoms with Crippen LogP contribution in [0.15, 0.2) is 267 Å². The fourth-order valence-corrected chi connectivity index (χ4v) is 15.4. The highest BCUT2D eigenvalue weighted by atomic mass is 14.3. The van der Waals surface area contributed by atoms with Crippen molar-refractivity contribution in [1.82, 2.24) is 0 Å². The highest BCUT2D eigenvalue weighted by Gasteiger charge is 2.30. The second-order valence-corrected chi connectivity index (χ2v) is 22.4. The predicted octanol–water partition coefficient (Wildman–Crippen LogP) is 22.7. The highest BCUT2D eigenvalue weighted by Crippen LogP contribution is 2.58. The molecule has 1 aliphatic carbocycles. The first kappa shape index (κ1) is 42.7. The summed E-state index contributed by atoms with van der Waals surface area (Å²) in [7, 11) is 0.